The second kappa shape index (κ2) is 8.21. The van der Waals surface area contributed by atoms with Gasteiger partial charge in [-0.15, -0.1) is 0 Å². The molecule has 0 saturated heterocycles. The van der Waals surface area contributed by atoms with Gasteiger partial charge in [0.2, 0.25) is 5.91 Å². The number of phenols is 1. The number of hydrogen-bond donors (Lipinski definition) is 3. The highest BCUT2D eigenvalue weighted by molar-refractivity contribution is 6.34. The molecule has 0 aliphatic rings. The summed E-state index contributed by atoms with van der Waals surface area (Å²) < 4.78 is 5.24. The fourth-order valence-electron chi connectivity index (χ4n) is 1.85. The van der Waals surface area contributed by atoms with Gasteiger partial charge in [-0.2, -0.15) is 0 Å². The Morgan fingerprint density at radius 1 is 1.12 bits per heavy atom. The third kappa shape index (κ3) is 4.89. The predicted molar refractivity (Wildman–Crippen MR) is 92.6 cm³/mol. The quantitative estimate of drug-likeness (QED) is 0.746. The zero-order valence-electron chi connectivity index (χ0n) is 13.0. The average molecular weight is 349 g/mol. The largest absolute Gasteiger partial charge is 0.504 e. The molecule has 2 rings (SSSR count). The van der Waals surface area contributed by atoms with E-state index in [1.165, 1.54) is 12.1 Å². The molecule has 0 bridgehead atoms. The van der Waals surface area contributed by atoms with Crippen molar-refractivity contribution in [2.45, 2.75) is 13.3 Å². The number of ether oxygens (including phenoxy) is 1. The van der Waals surface area contributed by atoms with E-state index in [0.717, 1.165) is 0 Å². The van der Waals surface area contributed by atoms with Crippen molar-refractivity contribution < 1.29 is 19.4 Å². The molecule has 126 valence electrons. The summed E-state index contributed by atoms with van der Waals surface area (Å²) in [6, 6.07) is 11.1. The highest BCUT2D eigenvalue weighted by Gasteiger charge is 2.09. The molecule has 0 unspecified atom stereocenters. The third-order valence-corrected chi connectivity index (χ3v) is 3.38. The molecule has 3 N–H and O–H groups in total. The Labute approximate surface area is 144 Å². The summed E-state index contributed by atoms with van der Waals surface area (Å²) in [7, 11) is 0. The number of carbonyl (C=O) groups is 2. The van der Waals surface area contributed by atoms with Crippen molar-refractivity contribution >= 4 is 34.8 Å². The first kappa shape index (κ1) is 17.6. The van der Waals surface area contributed by atoms with Crippen molar-refractivity contribution in [2.75, 3.05) is 17.2 Å². The molecule has 0 spiro atoms. The second-order valence-corrected chi connectivity index (χ2v) is 5.31. The summed E-state index contributed by atoms with van der Waals surface area (Å²) in [5.74, 6) is -0.364. The minimum absolute atomic E-state index is 0.0376. The monoisotopic (exact) mass is 348 g/mol. The number of nitrogens with one attached hydrogen (secondary N) is 2. The van der Waals surface area contributed by atoms with Gasteiger partial charge in [-0.3, -0.25) is 9.59 Å². The van der Waals surface area contributed by atoms with Gasteiger partial charge in [0, 0.05) is 12.1 Å². The van der Waals surface area contributed by atoms with Gasteiger partial charge in [-0.25, -0.2) is 0 Å². The summed E-state index contributed by atoms with van der Waals surface area (Å²) in [6.07, 6.45) is 0.346. The van der Waals surface area contributed by atoms with Gasteiger partial charge in [0.05, 0.1) is 10.7 Å². The molecular weight excluding hydrogens is 332 g/mol. The first-order valence-corrected chi connectivity index (χ1v) is 7.67. The van der Waals surface area contributed by atoms with E-state index in [1.807, 2.05) is 0 Å². The van der Waals surface area contributed by atoms with Crippen LogP contribution in [0.4, 0.5) is 11.4 Å². The number of phenolic OH excluding ortho intramolecular Hbond substituents is 1. The topological polar surface area (TPSA) is 87.7 Å². The van der Waals surface area contributed by atoms with Gasteiger partial charge in [0.25, 0.3) is 5.91 Å². The normalized spacial score (nSPS) is 10.1. The van der Waals surface area contributed by atoms with Crippen LogP contribution in [0.3, 0.4) is 0 Å². The van der Waals surface area contributed by atoms with E-state index in [0.29, 0.717) is 22.8 Å². The Kier molecular flexibility index (Phi) is 6.03. The van der Waals surface area contributed by atoms with Gasteiger partial charge in [0.1, 0.15) is 0 Å². The molecule has 6 nitrogen and oxygen atoms in total. The van der Waals surface area contributed by atoms with Crippen LogP contribution < -0.4 is 15.4 Å². The van der Waals surface area contributed by atoms with Crippen LogP contribution >= 0.6 is 11.6 Å². The molecular formula is C17H17ClN2O4. The highest BCUT2D eigenvalue weighted by Crippen LogP contribution is 2.26. The summed E-state index contributed by atoms with van der Waals surface area (Å²) in [6.45, 7) is 1.48. The van der Waals surface area contributed by atoms with Crippen LogP contribution in [-0.4, -0.2) is 23.5 Å². The maximum absolute atomic E-state index is 11.9. The minimum Gasteiger partial charge on any atom is -0.504 e. The SMILES string of the molecule is CCC(=O)Nc1ccc(NC(=O)COc2ccccc2O)cc1Cl. The minimum atomic E-state index is -0.403. The second-order valence-electron chi connectivity index (χ2n) is 4.90. The van der Waals surface area contributed by atoms with Gasteiger partial charge < -0.3 is 20.5 Å². The molecule has 2 aromatic carbocycles. The summed E-state index contributed by atoms with van der Waals surface area (Å²) in [5, 5.41) is 15.2. The lowest BCUT2D eigenvalue weighted by atomic mass is 10.2. The highest BCUT2D eigenvalue weighted by atomic mass is 35.5. The summed E-state index contributed by atoms with van der Waals surface area (Å²) in [4.78, 5) is 23.3. The number of carbonyl (C=O) groups excluding carboxylic acids is 2. The molecule has 0 aromatic heterocycles. The Balaban J connectivity index is 1.93. The lowest BCUT2D eigenvalue weighted by Crippen LogP contribution is -2.20. The maximum atomic E-state index is 11.9. The zero-order chi connectivity index (χ0) is 17.5. The number of rotatable bonds is 6. The number of aromatic hydroxyl groups is 1. The fourth-order valence-corrected chi connectivity index (χ4v) is 2.08. The molecule has 0 heterocycles. The summed E-state index contributed by atoms with van der Waals surface area (Å²) in [5.41, 5.74) is 0.951. The number of para-hydroxylation sites is 2. The molecule has 2 aromatic rings. The van der Waals surface area contributed by atoms with E-state index in [1.54, 1.807) is 37.3 Å². The summed E-state index contributed by atoms with van der Waals surface area (Å²) >= 11 is 6.08. The number of anilines is 2. The van der Waals surface area contributed by atoms with Crippen LogP contribution in [0.25, 0.3) is 0 Å². The number of halogens is 1. The third-order valence-electron chi connectivity index (χ3n) is 3.07. The van der Waals surface area contributed by atoms with E-state index in [9.17, 15) is 14.7 Å². The number of amides is 2. The van der Waals surface area contributed by atoms with Crippen molar-refractivity contribution in [1.82, 2.24) is 0 Å². The van der Waals surface area contributed by atoms with E-state index in [2.05, 4.69) is 10.6 Å². The Morgan fingerprint density at radius 3 is 2.54 bits per heavy atom. The van der Waals surface area contributed by atoms with Gasteiger partial charge in [-0.1, -0.05) is 30.7 Å². The van der Waals surface area contributed by atoms with E-state index in [-0.39, 0.29) is 24.0 Å². The number of hydrogen-bond acceptors (Lipinski definition) is 4. The molecule has 0 aliphatic heterocycles. The molecule has 0 fully saturated rings. The number of benzene rings is 2. The van der Waals surface area contributed by atoms with Crippen LogP contribution in [0.5, 0.6) is 11.5 Å². The van der Waals surface area contributed by atoms with Crippen LogP contribution in [0, 0.1) is 0 Å². The van der Waals surface area contributed by atoms with Crippen molar-refractivity contribution in [3.63, 3.8) is 0 Å². The van der Waals surface area contributed by atoms with Crippen molar-refractivity contribution in [1.29, 1.82) is 0 Å². The Hall–Kier alpha value is -2.73. The van der Waals surface area contributed by atoms with Crippen molar-refractivity contribution in [3.05, 3.63) is 47.5 Å². The van der Waals surface area contributed by atoms with Gasteiger partial charge >= 0.3 is 0 Å². The fraction of sp³-hybridized carbons (Fsp3) is 0.176. The van der Waals surface area contributed by atoms with Crippen LogP contribution in [0.1, 0.15) is 13.3 Å². The van der Waals surface area contributed by atoms with Crippen molar-refractivity contribution in [3.8, 4) is 11.5 Å². The molecule has 7 heteroatoms. The van der Waals surface area contributed by atoms with Crippen LogP contribution in [0.15, 0.2) is 42.5 Å². The Morgan fingerprint density at radius 2 is 1.88 bits per heavy atom. The van der Waals surface area contributed by atoms with Crippen LogP contribution in [0.2, 0.25) is 5.02 Å². The predicted octanol–water partition coefficient (Wildman–Crippen LogP) is 3.41. The molecule has 0 saturated carbocycles. The lowest BCUT2D eigenvalue weighted by molar-refractivity contribution is -0.118. The standard InChI is InChI=1S/C17H17ClN2O4/c1-2-16(22)20-13-8-7-11(9-12(13)18)19-17(23)10-24-15-6-4-3-5-14(15)21/h3-9,21H,2,10H2,1H3,(H,19,23)(H,20,22). The van der Waals surface area contributed by atoms with Crippen LogP contribution in [-0.2, 0) is 9.59 Å². The van der Waals surface area contributed by atoms with Crippen molar-refractivity contribution in [2.24, 2.45) is 0 Å². The first-order valence-electron chi connectivity index (χ1n) is 7.29. The smallest absolute Gasteiger partial charge is 0.262 e. The first-order chi connectivity index (χ1) is 11.5. The zero-order valence-corrected chi connectivity index (χ0v) is 13.8. The molecule has 0 radical (unpaired) electrons. The average Bonchev–Trinajstić information content (AvgIpc) is 2.56. The van der Waals surface area contributed by atoms with E-state index in [4.69, 9.17) is 16.3 Å². The lowest BCUT2D eigenvalue weighted by Gasteiger charge is -2.11. The van der Waals surface area contributed by atoms with Gasteiger partial charge in [0.15, 0.2) is 18.1 Å². The molecule has 2 amide bonds. The Bertz CT molecular complexity index is 749. The van der Waals surface area contributed by atoms with E-state index >= 15 is 0 Å². The molecule has 0 atom stereocenters. The van der Waals surface area contributed by atoms with Gasteiger partial charge in [-0.05, 0) is 30.3 Å². The maximum Gasteiger partial charge on any atom is 0.262 e. The van der Waals surface area contributed by atoms with E-state index < -0.39 is 5.91 Å². The molecule has 0 aliphatic carbocycles. The molecule has 24 heavy (non-hydrogen) atoms.